The van der Waals surface area contributed by atoms with Crippen LogP contribution in [0.1, 0.15) is 12.3 Å². The fourth-order valence-electron chi connectivity index (χ4n) is 2.18. The van der Waals surface area contributed by atoms with Gasteiger partial charge in [-0.05, 0) is 48.5 Å². The molecule has 0 unspecified atom stereocenters. The van der Waals surface area contributed by atoms with E-state index >= 15 is 0 Å². The first-order chi connectivity index (χ1) is 12.1. The zero-order valence-electron chi connectivity index (χ0n) is 13.5. The molecule has 0 bridgehead atoms. The zero-order valence-corrected chi connectivity index (χ0v) is 13.5. The van der Waals surface area contributed by atoms with Crippen molar-refractivity contribution in [3.05, 3.63) is 60.2 Å². The van der Waals surface area contributed by atoms with Crippen LogP contribution in [0.15, 0.2) is 52.9 Å². The molecule has 0 saturated heterocycles. The molecular formula is C18H16FN3O3. The molecule has 1 heterocycles. The summed E-state index contributed by atoms with van der Waals surface area (Å²) >= 11 is 0. The number of carbonyl (C=O) groups is 1. The average molecular weight is 341 g/mol. The van der Waals surface area contributed by atoms with E-state index in [1.54, 1.807) is 43.5 Å². The van der Waals surface area contributed by atoms with Crippen LogP contribution in [0, 0.1) is 5.82 Å². The summed E-state index contributed by atoms with van der Waals surface area (Å²) < 4.78 is 23.5. The Bertz CT molecular complexity index is 845. The number of hydrogen-bond acceptors (Lipinski definition) is 5. The van der Waals surface area contributed by atoms with E-state index in [-0.39, 0.29) is 18.1 Å². The molecule has 0 aliphatic carbocycles. The number of nitrogens with one attached hydrogen (secondary N) is 1. The lowest BCUT2D eigenvalue weighted by Crippen LogP contribution is -2.12. The Balaban J connectivity index is 1.54. The standard InChI is InChI=1S/C18H16FN3O3/c1-24-15-8-6-14(7-9-15)20-16(23)10-11-17-21-22-18(25-17)12-2-4-13(19)5-3-12/h2-9H,10-11H2,1H3,(H,20,23). The molecule has 128 valence electrons. The second-order valence-electron chi connectivity index (χ2n) is 5.28. The Kier molecular flexibility index (Phi) is 5.03. The highest BCUT2D eigenvalue weighted by Crippen LogP contribution is 2.19. The molecule has 0 aliphatic rings. The smallest absolute Gasteiger partial charge is 0.247 e. The highest BCUT2D eigenvalue weighted by atomic mass is 19.1. The minimum absolute atomic E-state index is 0.160. The molecular weight excluding hydrogens is 325 g/mol. The van der Waals surface area contributed by atoms with Crippen LogP contribution >= 0.6 is 0 Å². The third-order valence-corrected chi connectivity index (χ3v) is 3.50. The maximum atomic E-state index is 12.9. The van der Waals surface area contributed by atoms with E-state index in [2.05, 4.69) is 15.5 Å². The van der Waals surface area contributed by atoms with Crippen molar-refractivity contribution in [2.24, 2.45) is 0 Å². The van der Waals surface area contributed by atoms with E-state index in [0.717, 1.165) is 5.75 Å². The Morgan fingerprint density at radius 1 is 1.12 bits per heavy atom. The zero-order chi connectivity index (χ0) is 17.6. The summed E-state index contributed by atoms with van der Waals surface area (Å²) in [7, 11) is 1.58. The number of hydrogen-bond donors (Lipinski definition) is 1. The molecule has 3 rings (SSSR count). The minimum atomic E-state index is -0.335. The van der Waals surface area contributed by atoms with Gasteiger partial charge in [-0.15, -0.1) is 10.2 Å². The van der Waals surface area contributed by atoms with Gasteiger partial charge in [0.25, 0.3) is 0 Å². The fourth-order valence-corrected chi connectivity index (χ4v) is 2.18. The molecule has 25 heavy (non-hydrogen) atoms. The van der Waals surface area contributed by atoms with Crippen LogP contribution in [0.5, 0.6) is 5.75 Å². The number of rotatable bonds is 6. The number of aryl methyl sites for hydroxylation is 1. The molecule has 1 N–H and O–H groups in total. The number of ether oxygens (including phenoxy) is 1. The van der Waals surface area contributed by atoms with Crippen molar-refractivity contribution in [1.82, 2.24) is 10.2 Å². The second-order valence-corrected chi connectivity index (χ2v) is 5.28. The number of amides is 1. The molecule has 6 nitrogen and oxygen atoms in total. The number of methoxy groups -OCH3 is 1. The molecule has 0 fully saturated rings. The van der Waals surface area contributed by atoms with Gasteiger partial charge in [0.05, 0.1) is 7.11 Å². The van der Waals surface area contributed by atoms with Gasteiger partial charge in [0.1, 0.15) is 11.6 Å². The minimum Gasteiger partial charge on any atom is -0.497 e. The Labute approximate surface area is 143 Å². The van der Waals surface area contributed by atoms with Crippen LogP contribution in [0.25, 0.3) is 11.5 Å². The highest BCUT2D eigenvalue weighted by Gasteiger charge is 2.11. The largest absolute Gasteiger partial charge is 0.497 e. The lowest BCUT2D eigenvalue weighted by atomic mass is 10.2. The normalized spacial score (nSPS) is 10.5. The Morgan fingerprint density at radius 3 is 2.52 bits per heavy atom. The summed E-state index contributed by atoms with van der Waals surface area (Å²) in [5.41, 5.74) is 1.31. The number of carbonyl (C=O) groups excluding carboxylic acids is 1. The highest BCUT2D eigenvalue weighted by molar-refractivity contribution is 5.90. The van der Waals surface area contributed by atoms with Crippen molar-refractivity contribution in [2.45, 2.75) is 12.8 Å². The summed E-state index contributed by atoms with van der Waals surface area (Å²) in [6.07, 6.45) is 0.521. The van der Waals surface area contributed by atoms with Crippen LogP contribution in [0.2, 0.25) is 0 Å². The van der Waals surface area contributed by atoms with E-state index in [0.29, 0.717) is 29.5 Å². The van der Waals surface area contributed by atoms with E-state index in [4.69, 9.17) is 9.15 Å². The van der Waals surface area contributed by atoms with Crippen molar-refractivity contribution in [3.63, 3.8) is 0 Å². The first-order valence-corrected chi connectivity index (χ1v) is 7.66. The van der Waals surface area contributed by atoms with Crippen molar-refractivity contribution < 1.29 is 18.3 Å². The van der Waals surface area contributed by atoms with Gasteiger partial charge < -0.3 is 14.5 Å². The summed E-state index contributed by atoms with van der Waals surface area (Å²) in [6, 6.07) is 12.8. The SMILES string of the molecule is COc1ccc(NC(=O)CCc2nnc(-c3ccc(F)cc3)o2)cc1. The van der Waals surface area contributed by atoms with Crippen molar-refractivity contribution in [2.75, 3.05) is 12.4 Å². The molecule has 2 aromatic carbocycles. The summed E-state index contributed by atoms with van der Waals surface area (Å²) in [6.45, 7) is 0. The molecule has 1 aromatic heterocycles. The number of nitrogens with zero attached hydrogens (tertiary/aromatic N) is 2. The quantitative estimate of drug-likeness (QED) is 0.743. The monoisotopic (exact) mass is 341 g/mol. The number of benzene rings is 2. The first-order valence-electron chi connectivity index (χ1n) is 7.66. The maximum absolute atomic E-state index is 12.9. The van der Waals surface area contributed by atoms with Crippen LogP contribution in [0.3, 0.4) is 0 Å². The molecule has 0 aliphatic heterocycles. The predicted molar refractivity (Wildman–Crippen MR) is 89.6 cm³/mol. The summed E-state index contributed by atoms with van der Waals surface area (Å²) in [4.78, 5) is 12.0. The number of halogens is 1. The number of anilines is 1. The van der Waals surface area contributed by atoms with Crippen molar-refractivity contribution in [3.8, 4) is 17.2 Å². The van der Waals surface area contributed by atoms with Gasteiger partial charge in [0.2, 0.25) is 17.7 Å². The van der Waals surface area contributed by atoms with Crippen molar-refractivity contribution >= 4 is 11.6 Å². The number of aromatic nitrogens is 2. The van der Waals surface area contributed by atoms with Gasteiger partial charge >= 0.3 is 0 Å². The van der Waals surface area contributed by atoms with E-state index in [1.165, 1.54) is 12.1 Å². The van der Waals surface area contributed by atoms with E-state index < -0.39 is 0 Å². The molecule has 0 atom stereocenters. The lowest BCUT2D eigenvalue weighted by Gasteiger charge is -2.05. The van der Waals surface area contributed by atoms with Crippen LogP contribution in [-0.4, -0.2) is 23.2 Å². The summed E-state index contributed by atoms with van der Waals surface area (Å²) in [5, 5.41) is 10.6. The Hall–Kier alpha value is -3.22. The lowest BCUT2D eigenvalue weighted by molar-refractivity contribution is -0.116. The third kappa shape index (κ3) is 4.41. The molecule has 3 aromatic rings. The maximum Gasteiger partial charge on any atom is 0.247 e. The Morgan fingerprint density at radius 2 is 1.84 bits per heavy atom. The first kappa shape index (κ1) is 16.6. The van der Waals surface area contributed by atoms with Crippen LogP contribution < -0.4 is 10.1 Å². The van der Waals surface area contributed by atoms with Crippen LogP contribution in [0.4, 0.5) is 10.1 Å². The fraction of sp³-hybridized carbons (Fsp3) is 0.167. The van der Waals surface area contributed by atoms with E-state index in [9.17, 15) is 9.18 Å². The van der Waals surface area contributed by atoms with Crippen molar-refractivity contribution in [1.29, 1.82) is 0 Å². The van der Waals surface area contributed by atoms with Crippen LogP contribution in [-0.2, 0) is 11.2 Å². The molecule has 0 spiro atoms. The molecule has 0 saturated carbocycles. The third-order valence-electron chi connectivity index (χ3n) is 3.50. The average Bonchev–Trinajstić information content (AvgIpc) is 3.10. The van der Waals surface area contributed by atoms with Gasteiger partial charge in [0.15, 0.2) is 0 Å². The van der Waals surface area contributed by atoms with Gasteiger partial charge in [-0.1, -0.05) is 0 Å². The van der Waals surface area contributed by atoms with E-state index in [1.807, 2.05) is 0 Å². The van der Waals surface area contributed by atoms with Gasteiger partial charge in [-0.2, -0.15) is 0 Å². The molecule has 0 radical (unpaired) electrons. The molecule has 7 heteroatoms. The predicted octanol–water partition coefficient (Wildman–Crippen LogP) is 3.46. The summed E-state index contributed by atoms with van der Waals surface area (Å²) in [5.74, 6) is 0.873. The van der Waals surface area contributed by atoms with Gasteiger partial charge in [0, 0.05) is 24.1 Å². The second kappa shape index (κ2) is 7.57. The van der Waals surface area contributed by atoms with Gasteiger partial charge in [-0.3, -0.25) is 4.79 Å². The molecule has 1 amide bonds. The van der Waals surface area contributed by atoms with Gasteiger partial charge in [-0.25, -0.2) is 4.39 Å². The topological polar surface area (TPSA) is 77.2 Å².